The Hall–Kier alpha value is -1.30. The lowest BCUT2D eigenvalue weighted by molar-refractivity contribution is -0.830. The highest BCUT2D eigenvalue weighted by Gasteiger charge is 2.15. The highest BCUT2D eigenvalue weighted by Crippen LogP contribution is 2.34. The first kappa shape index (κ1) is 15.1. The molecule has 0 amide bonds. The first-order valence-corrected chi connectivity index (χ1v) is 7.83. The standard InChI is InChI=1S/C15H21N3OS/c1-19-18-13-7-4-6-11(9-13)14-8-3-2-5-12(14)10-20-15(16)17/h4,6-7,9,18H,2-3,5,8,10H2,1H3,(H3,16,17)/p+1. The van der Waals surface area contributed by atoms with E-state index in [1.165, 1.54) is 41.3 Å². The Kier molecular flexibility index (Phi) is 5.64. The molecule has 0 fully saturated rings. The maximum Gasteiger partial charge on any atom is 0.162 e. The first-order valence-electron chi connectivity index (χ1n) is 6.85. The summed E-state index contributed by atoms with van der Waals surface area (Å²) in [6.07, 6.45) is 4.71. The smallest absolute Gasteiger partial charge is 0.162 e. The van der Waals surface area contributed by atoms with E-state index in [0.717, 1.165) is 24.3 Å². The van der Waals surface area contributed by atoms with Crippen LogP contribution in [0.1, 0.15) is 31.2 Å². The van der Waals surface area contributed by atoms with Gasteiger partial charge < -0.3 is 5.73 Å². The van der Waals surface area contributed by atoms with E-state index >= 15 is 0 Å². The highest BCUT2D eigenvalue weighted by molar-refractivity contribution is 8.13. The zero-order valence-corrected chi connectivity index (χ0v) is 12.6. The van der Waals surface area contributed by atoms with E-state index in [9.17, 15) is 0 Å². The molecule has 1 aromatic carbocycles. The molecule has 0 aliphatic heterocycles. The van der Waals surface area contributed by atoms with Crippen LogP contribution in [0, 0.1) is 5.41 Å². The number of hydrogen-bond donors (Lipinski definition) is 3. The lowest BCUT2D eigenvalue weighted by atomic mass is 9.88. The van der Waals surface area contributed by atoms with Crippen molar-refractivity contribution >= 4 is 28.2 Å². The molecule has 0 saturated carbocycles. The first-order chi connectivity index (χ1) is 9.70. The molecule has 0 radical (unpaired) electrons. The van der Waals surface area contributed by atoms with Crippen molar-refractivity contribution in [1.82, 2.24) is 0 Å². The van der Waals surface area contributed by atoms with Crippen molar-refractivity contribution in [3.63, 3.8) is 0 Å². The predicted molar refractivity (Wildman–Crippen MR) is 84.8 cm³/mol. The van der Waals surface area contributed by atoms with E-state index in [1.54, 1.807) is 12.6 Å². The molecule has 0 atom stereocenters. The molecule has 1 aliphatic carbocycles. The summed E-state index contributed by atoms with van der Waals surface area (Å²) >= 11 is 1.42. The average Bonchev–Trinajstić information content (AvgIpc) is 2.46. The number of allylic oxidation sites excluding steroid dienone is 1. The Bertz CT molecular complexity index is 514. The average molecular weight is 292 g/mol. The molecule has 2 rings (SSSR count). The van der Waals surface area contributed by atoms with Crippen LogP contribution >= 0.6 is 11.8 Å². The third kappa shape index (κ3) is 4.10. The maximum absolute atomic E-state index is 7.37. The predicted octanol–water partition coefficient (Wildman–Crippen LogP) is 2.40. The van der Waals surface area contributed by atoms with Crippen LogP contribution in [-0.2, 0) is 4.84 Å². The molecule has 0 spiro atoms. The SMILES string of the molecule is CO[NH2+]c1cccc(C2=C(CSC(=N)N)CCCC2)c1. The number of benzene rings is 1. The van der Waals surface area contributed by atoms with Crippen LogP contribution in [0.4, 0.5) is 5.69 Å². The molecule has 0 unspecified atom stereocenters. The van der Waals surface area contributed by atoms with Crippen molar-refractivity contribution in [2.75, 3.05) is 12.9 Å². The van der Waals surface area contributed by atoms with E-state index in [0.29, 0.717) is 0 Å². The molecular weight excluding hydrogens is 270 g/mol. The Morgan fingerprint density at radius 3 is 2.95 bits per heavy atom. The molecule has 0 aromatic heterocycles. The molecule has 5 heteroatoms. The van der Waals surface area contributed by atoms with Crippen molar-refractivity contribution in [2.45, 2.75) is 25.7 Å². The monoisotopic (exact) mass is 292 g/mol. The summed E-state index contributed by atoms with van der Waals surface area (Å²) in [6, 6.07) is 8.44. The van der Waals surface area contributed by atoms with Gasteiger partial charge in [0, 0.05) is 17.9 Å². The fraction of sp³-hybridized carbons (Fsp3) is 0.400. The summed E-state index contributed by atoms with van der Waals surface area (Å²) in [4.78, 5) is 5.09. The van der Waals surface area contributed by atoms with Gasteiger partial charge in [0.2, 0.25) is 0 Å². The molecule has 0 saturated heterocycles. The van der Waals surface area contributed by atoms with Gasteiger partial charge in [-0.15, -0.1) is 0 Å². The van der Waals surface area contributed by atoms with E-state index in [1.807, 2.05) is 6.07 Å². The molecule has 4 nitrogen and oxygen atoms in total. The minimum absolute atomic E-state index is 0.198. The van der Waals surface area contributed by atoms with Gasteiger partial charge in [-0.05, 0) is 36.8 Å². The molecule has 0 heterocycles. The van der Waals surface area contributed by atoms with Crippen LogP contribution in [0.2, 0.25) is 0 Å². The van der Waals surface area contributed by atoms with Crippen molar-refractivity contribution in [1.29, 1.82) is 5.41 Å². The van der Waals surface area contributed by atoms with Gasteiger partial charge in [0.25, 0.3) is 0 Å². The van der Waals surface area contributed by atoms with E-state index < -0.39 is 0 Å². The normalized spacial score (nSPS) is 15.4. The Labute approximate surface area is 124 Å². The number of thioether (sulfide) groups is 1. The van der Waals surface area contributed by atoms with Gasteiger partial charge in [0.05, 0.1) is 7.11 Å². The number of hydrogen-bond acceptors (Lipinski definition) is 3. The van der Waals surface area contributed by atoms with Gasteiger partial charge in [0.1, 0.15) is 0 Å². The summed E-state index contributed by atoms with van der Waals surface area (Å²) in [5.41, 5.74) is 12.4. The van der Waals surface area contributed by atoms with Crippen LogP contribution in [-0.4, -0.2) is 18.0 Å². The molecular formula is C15H22N3OS+. The number of quaternary nitrogens is 1. The van der Waals surface area contributed by atoms with Crippen molar-refractivity contribution in [3.8, 4) is 0 Å². The largest absolute Gasteiger partial charge is 0.379 e. The zero-order chi connectivity index (χ0) is 14.4. The summed E-state index contributed by atoms with van der Waals surface area (Å²) in [5.74, 6) is 0.836. The zero-order valence-electron chi connectivity index (χ0n) is 11.8. The fourth-order valence-corrected chi connectivity index (χ4v) is 3.22. The van der Waals surface area contributed by atoms with Crippen molar-refractivity contribution in [2.24, 2.45) is 5.73 Å². The second-order valence-corrected chi connectivity index (χ2v) is 5.94. The molecule has 1 aliphatic rings. The minimum Gasteiger partial charge on any atom is -0.379 e. The van der Waals surface area contributed by atoms with Crippen molar-refractivity contribution < 1.29 is 10.3 Å². The fourth-order valence-electron chi connectivity index (χ4n) is 2.58. The third-order valence-corrected chi connectivity index (χ3v) is 4.28. The lowest BCUT2D eigenvalue weighted by Gasteiger charge is -2.20. The van der Waals surface area contributed by atoms with Gasteiger partial charge in [-0.3, -0.25) is 5.41 Å². The van der Waals surface area contributed by atoms with E-state index in [4.69, 9.17) is 16.0 Å². The Morgan fingerprint density at radius 2 is 2.20 bits per heavy atom. The number of amidine groups is 1. The summed E-state index contributed by atoms with van der Waals surface area (Å²) in [6.45, 7) is 0. The topological polar surface area (TPSA) is 75.7 Å². The number of nitrogens with one attached hydrogen (secondary N) is 1. The lowest BCUT2D eigenvalue weighted by Crippen LogP contribution is -2.75. The Balaban J connectivity index is 2.25. The van der Waals surface area contributed by atoms with Gasteiger partial charge in [0.15, 0.2) is 10.9 Å². The van der Waals surface area contributed by atoms with Gasteiger partial charge >= 0.3 is 0 Å². The summed E-state index contributed by atoms with van der Waals surface area (Å²) in [5, 5.41) is 7.57. The summed E-state index contributed by atoms with van der Waals surface area (Å²) in [7, 11) is 1.67. The van der Waals surface area contributed by atoms with Gasteiger partial charge in [-0.2, -0.15) is 5.48 Å². The third-order valence-electron chi connectivity index (χ3n) is 3.47. The van der Waals surface area contributed by atoms with Crippen LogP contribution < -0.4 is 11.2 Å². The number of rotatable bonds is 5. The molecule has 0 bridgehead atoms. The molecule has 1 aromatic rings. The van der Waals surface area contributed by atoms with Crippen LogP contribution in [0.25, 0.3) is 5.57 Å². The summed E-state index contributed by atoms with van der Waals surface area (Å²) < 4.78 is 0. The van der Waals surface area contributed by atoms with Crippen LogP contribution in [0.15, 0.2) is 29.8 Å². The number of nitrogens with two attached hydrogens (primary N) is 2. The van der Waals surface area contributed by atoms with Gasteiger partial charge in [-0.25, -0.2) is 4.84 Å². The molecule has 5 N–H and O–H groups in total. The molecule has 108 valence electrons. The van der Waals surface area contributed by atoms with Crippen LogP contribution in [0.5, 0.6) is 0 Å². The second-order valence-electron chi connectivity index (χ2n) is 4.92. The second kappa shape index (κ2) is 7.47. The highest BCUT2D eigenvalue weighted by atomic mass is 32.2. The quantitative estimate of drug-likeness (QED) is 0.337. The van der Waals surface area contributed by atoms with Gasteiger partial charge in [-0.1, -0.05) is 29.5 Å². The minimum atomic E-state index is 0.198. The molecule has 20 heavy (non-hydrogen) atoms. The maximum atomic E-state index is 7.37. The van der Waals surface area contributed by atoms with E-state index in [-0.39, 0.29) is 5.17 Å². The van der Waals surface area contributed by atoms with E-state index in [2.05, 4.69) is 18.2 Å². The Morgan fingerprint density at radius 1 is 1.40 bits per heavy atom. The van der Waals surface area contributed by atoms with Crippen molar-refractivity contribution in [3.05, 3.63) is 35.4 Å². The van der Waals surface area contributed by atoms with Crippen LogP contribution in [0.3, 0.4) is 0 Å².